The van der Waals surface area contributed by atoms with Gasteiger partial charge >= 0.3 is 0 Å². The van der Waals surface area contributed by atoms with Crippen LogP contribution >= 0.6 is 35.2 Å². The van der Waals surface area contributed by atoms with E-state index in [1.54, 1.807) is 12.1 Å². The van der Waals surface area contributed by atoms with Gasteiger partial charge in [-0.2, -0.15) is 0 Å². The number of piperidine rings is 1. The minimum absolute atomic E-state index is 0.0100. The lowest BCUT2D eigenvalue weighted by Gasteiger charge is -2.38. The monoisotopic (exact) mass is 317 g/mol. The number of fused-ring (bicyclic) bond motifs is 2. The summed E-state index contributed by atoms with van der Waals surface area (Å²) in [5.41, 5.74) is -0.337. The van der Waals surface area contributed by atoms with E-state index in [0.29, 0.717) is 27.1 Å². The number of ketones is 1. The van der Waals surface area contributed by atoms with Gasteiger partial charge < -0.3 is 9.50 Å². The van der Waals surface area contributed by atoms with E-state index in [2.05, 4.69) is 5.32 Å². The van der Waals surface area contributed by atoms with Crippen molar-refractivity contribution in [3.05, 3.63) is 27.7 Å². The van der Waals surface area contributed by atoms with Gasteiger partial charge in [-0.25, -0.2) is 0 Å². The van der Waals surface area contributed by atoms with Gasteiger partial charge in [0.1, 0.15) is 0 Å². The van der Waals surface area contributed by atoms with E-state index in [9.17, 15) is 9.59 Å². The first kappa shape index (κ1) is 13.1. The van der Waals surface area contributed by atoms with Crippen molar-refractivity contribution in [2.75, 3.05) is 12.3 Å². The van der Waals surface area contributed by atoms with Crippen LogP contribution in [0.2, 0.25) is 10.0 Å². The first-order chi connectivity index (χ1) is 9.03. The number of hydrogen-bond acceptors (Lipinski definition) is 4. The van der Waals surface area contributed by atoms with Gasteiger partial charge in [-0.05, 0) is 12.1 Å². The van der Waals surface area contributed by atoms with Crippen molar-refractivity contribution in [1.82, 2.24) is 5.32 Å². The van der Waals surface area contributed by atoms with Gasteiger partial charge in [-0.3, -0.25) is 9.59 Å². The molecule has 0 aromatic heterocycles. The molecule has 19 heavy (non-hydrogen) atoms. The van der Waals surface area contributed by atoms with E-state index in [1.165, 1.54) is 0 Å². The van der Waals surface area contributed by atoms with Crippen LogP contribution in [0.3, 0.4) is 0 Å². The fourth-order valence-corrected chi connectivity index (χ4v) is 3.95. The molecule has 4 nitrogen and oxygen atoms in total. The molecule has 7 heteroatoms. The molecule has 1 aromatic rings. The Bertz CT molecular complexity index is 593. The Morgan fingerprint density at radius 1 is 1.32 bits per heavy atom. The second-order valence-corrected chi connectivity index (χ2v) is 6.12. The number of carbonyl (C=O) groups excluding carboxylic acids is 2. The third-order valence-electron chi connectivity index (χ3n) is 3.35. The highest BCUT2D eigenvalue weighted by Gasteiger charge is 2.49. The van der Waals surface area contributed by atoms with Crippen LogP contribution < -0.4 is 9.50 Å². The van der Waals surface area contributed by atoms with E-state index in [1.807, 2.05) is 0 Å². The SMILES string of the molecule is O=C1CNC(=O)C2(CSOc3c(Cl)cc(Cl)cc32)C1. The van der Waals surface area contributed by atoms with E-state index >= 15 is 0 Å². The van der Waals surface area contributed by atoms with Crippen molar-refractivity contribution in [2.24, 2.45) is 0 Å². The molecule has 3 rings (SSSR count). The van der Waals surface area contributed by atoms with Gasteiger partial charge in [0.2, 0.25) is 5.91 Å². The minimum Gasteiger partial charge on any atom is -0.424 e. The number of nitrogens with one attached hydrogen (secondary N) is 1. The third kappa shape index (κ3) is 2.00. The fourth-order valence-electron chi connectivity index (χ4n) is 2.43. The summed E-state index contributed by atoms with van der Waals surface area (Å²) < 4.78 is 5.46. The van der Waals surface area contributed by atoms with Crippen molar-refractivity contribution in [2.45, 2.75) is 11.8 Å². The largest absolute Gasteiger partial charge is 0.424 e. The summed E-state index contributed by atoms with van der Waals surface area (Å²) in [6.45, 7) is 0.0791. The zero-order chi connectivity index (χ0) is 13.6. The van der Waals surface area contributed by atoms with Gasteiger partial charge in [0, 0.05) is 17.0 Å². The molecule has 0 aliphatic carbocycles. The van der Waals surface area contributed by atoms with E-state index in [-0.39, 0.29) is 24.7 Å². The molecule has 1 fully saturated rings. The molecular formula is C12H9Cl2NO3S. The highest BCUT2D eigenvalue weighted by molar-refractivity contribution is 7.95. The molecule has 1 N–H and O–H groups in total. The normalized spacial score (nSPS) is 25.8. The molecule has 1 spiro atoms. The number of carbonyl (C=O) groups is 2. The predicted molar refractivity (Wildman–Crippen MR) is 73.9 cm³/mol. The molecule has 1 aromatic carbocycles. The van der Waals surface area contributed by atoms with Crippen LogP contribution in [0, 0.1) is 0 Å². The highest BCUT2D eigenvalue weighted by atomic mass is 35.5. The summed E-state index contributed by atoms with van der Waals surface area (Å²) in [5, 5.41) is 3.40. The van der Waals surface area contributed by atoms with Gasteiger partial charge in [-0.1, -0.05) is 23.2 Å². The summed E-state index contributed by atoms with van der Waals surface area (Å²) in [5.74, 6) is 0.604. The molecule has 2 aliphatic heterocycles. The first-order valence-electron chi connectivity index (χ1n) is 5.62. The van der Waals surface area contributed by atoms with Gasteiger partial charge in [0.25, 0.3) is 0 Å². The maximum absolute atomic E-state index is 12.3. The number of amides is 1. The van der Waals surface area contributed by atoms with Crippen LogP contribution in [0.1, 0.15) is 12.0 Å². The molecule has 0 radical (unpaired) electrons. The van der Waals surface area contributed by atoms with Crippen molar-refractivity contribution >= 4 is 46.9 Å². The molecule has 2 heterocycles. The Morgan fingerprint density at radius 2 is 2.11 bits per heavy atom. The smallest absolute Gasteiger partial charge is 0.232 e. The van der Waals surface area contributed by atoms with E-state index < -0.39 is 5.41 Å². The standard InChI is InChI=1S/C12H9Cl2NO3S/c13-6-1-8-10(9(14)2-6)18-19-5-12(8)3-7(16)4-15-11(12)17/h1-2H,3-5H2,(H,15,17). The molecule has 1 amide bonds. The lowest BCUT2D eigenvalue weighted by Crippen LogP contribution is -2.55. The van der Waals surface area contributed by atoms with E-state index in [4.69, 9.17) is 27.4 Å². The topological polar surface area (TPSA) is 55.4 Å². The van der Waals surface area contributed by atoms with Crippen molar-refractivity contribution in [3.63, 3.8) is 0 Å². The highest BCUT2D eigenvalue weighted by Crippen LogP contribution is 2.48. The number of halogens is 2. The number of benzene rings is 1. The summed E-state index contributed by atoms with van der Waals surface area (Å²) in [7, 11) is 0. The molecule has 0 bridgehead atoms. The predicted octanol–water partition coefficient (Wildman–Crippen LogP) is 2.36. The maximum Gasteiger partial charge on any atom is 0.232 e. The lowest BCUT2D eigenvalue weighted by atomic mass is 9.74. The van der Waals surface area contributed by atoms with Crippen LogP contribution in [0.5, 0.6) is 5.75 Å². The molecule has 1 unspecified atom stereocenters. The summed E-state index contributed by atoms with van der Waals surface area (Å²) >= 11 is 13.2. The molecule has 1 atom stereocenters. The molecule has 1 saturated heterocycles. The Balaban J connectivity index is 2.21. The van der Waals surface area contributed by atoms with Crippen molar-refractivity contribution in [1.29, 1.82) is 0 Å². The van der Waals surface area contributed by atoms with Gasteiger partial charge in [0.05, 0.1) is 34.8 Å². The zero-order valence-corrected chi connectivity index (χ0v) is 12.0. The second kappa shape index (κ2) is 4.58. The number of Topliss-reactive ketones (excluding diaryl/α,β-unsaturated/α-hetero) is 1. The van der Waals surface area contributed by atoms with Gasteiger partial charge in [0.15, 0.2) is 11.5 Å². The van der Waals surface area contributed by atoms with Crippen LogP contribution in [0.4, 0.5) is 0 Å². The van der Waals surface area contributed by atoms with Crippen LogP contribution in [0.25, 0.3) is 0 Å². The fraction of sp³-hybridized carbons (Fsp3) is 0.333. The second-order valence-electron chi connectivity index (χ2n) is 4.59. The average Bonchev–Trinajstić information content (AvgIpc) is 2.35. The third-order valence-corrected chi connectivity index (χ3v) is 4.75. The summed E-state index contributed by atoms with van der Waals surface area (Å²) in [6.07, 6.45) is 0.152. The van der Waals surface area contributed by atoms with Crippen molar-refractivity contribution in [3.8, 4) is 5.75 Å². The summed E-state index contributed by atoms with van der Waals surface area (Å²) in [6, 6.07) is 3.21. The van der Waals surface area contributed by atoms with Crippen LogP contribution in [-0.4, -0.2) is 24.0 Å². The van der Waals surface area contributed by atoms with Crippen molar-refractivity contribution < 1.29 is 13.8 Å². The maximum atomic E-state index is 12.3. The quantitative estimate of drug-likeness (QED) is 0.746. The Hall–Kier alpha value is -0.910. The average molecular weight is 318 g/mol. The number of hydrogen-bond donors (Lipinski definition) is 1. The molecular weight excluding hydrogens is 309 g/mol. The first-order valence-corrected chi connectivity index (χ1v) is 7.28. The minimum atomic E-state index is -0.928. The van der Waals surface area contributed by atoms with Gasteiger partial charge in [-0.15, -0.1) is 0 Å². The Labute approximate surface area is 124 Å². The Morgan fingerprint density at radius 3 is 2.89 bits per heavy atom. The molecule has 0 saturated carbocycles. The Kier molecular flexibility index (Phi) is 3.15. The van der Waals surface area contributed by atoms with Crippen LogP contribution in [0.15, 0.2) is 12.1 Å². The van der Waals surface area contributed by atoms with Crippen LogP contribution in [-0.2, 0) is 15.0 Å². The van der Waals surface area contributed by atoms with E-state index in [0.717, 1.165) is 12.0 Å². The lowest BCUT2D eigenvalue weighted by molar-refractivity contribution is -0.135. The summed E-state index contributed by atoms with van der Waals surface area (Å²) in [4.78, 5) is 24.0. The molecule has 100 valence electrons. The number of rotatable bonds is 0. The zero-order valence-electron chi connectivity index (χ0n) is 9.66. The molecule has 2 aliphatic rings.